The van der Waals surface area contributed by atoms with Crippen LogP contribution in [0.15, 0.2) is 18.2 Å². The molecule has 0 heterocycles. The van der Waals surface area contributed by atoms with E-state index < -0.39 is 0 Å². The second kappa shape index (κ2) is 6.74. The van der Waals surface area contributed by atoms with Crippen molar-refractivity contribution in [1.82, 2.24) is 0 Å². The number of aryl methyl sites for hydroxylation is 1. The van der Waals surface area contributed by atoms with Crippen LogP contribution in [-0.4, -0.2) is 12.4 Å². The van der Waals surface area contributed by atoms with E-state index in [-0.39, 0.29) is 11.7 Å². The number of ether oxygens (including phenoxy) is 1. The Balaban J connectivity index is 2.23. The number of rotatable bonds is 4. The fourth-order valence-electron chi connectivity index (χ4n) is 2.88. The molecule has 2 heteroatoms. The highest BCUT2D eigenvalue weighted by atomic mass is 16.5. The monoisotopic (exact) mass is 260 g/mol. The average molecular weight is 260 g/mol. The smallest absolute Gasteiger partial charge is 0.169 e. The topological polar surface area (TPSA) is 26.3 Å². The van der Waals surface area contributed by atoms with Crippen molar-refractivity contribution in [3.05, 3.63) is 29.3 Å². The minimum absolute atomic E-state index is 0.198. The Kier molecular flexibility index (Phi) is 5.00. The van der Waals surface area contributed by atoms with Gasteiger partial charge in [0.15, 0.2) is 5.78 Å². The molecular weight excluding hydrogens is 236 g/mol. The van der Waals surface area contributed by atoms with Crippen molar-refractivity contribution < 1.29 is 9.53 Å². The molecule has 1 aromatic rings. The van der Waals surface area contributed by atoms with Gasteiger partial charge in [0.1, 0.15) is 5.75 Å². The van der Waals surface area contributed by atoms with E-state index >= 15 is 0 Å². The molecule has 0 amide bonds. The van der Waals surface area contributed by atoms with E-state index in [0.717, 1.165) is 29.7 Å². The number of ketones is 1. The highest BCUT2D eigenvalue weighted by molar-refractivity contribution is 6.00. The van der Waals surface area contributed by atoms with Gasteiger partial charge in [-0.3, -0.25) is 4.79 Å². The van der Waals surface area contributed by atoms with Gasteiger partial charge < -0.3 is 4.74 Å². The predicted octanol–water partition coefficient (Wildman–Crippen LogP) is 4.55. The maximum absolute atomic E-state index is 12.7. The van der Waals surface area contributed by atoms with E-state index in [1.165, 1.54) is 25.7 Å². The molecule has 2 rings (SSSR count). The molecule has 1 aliphatic rings. The maximum atomic E-state index is 12.7. The van der Waals surface area contributed by atoms with Gasteiger partial charge in [-0.05, 0) is 38.8 Å². The van der Waals surface area contributed by atoms with Crippen LogP contribution in [0.1, 0.15) is 61.4 Å². The lowest BCUT2D eigenvalue weighted by Crippen LogP contribution is -2.15. The summed E-state index contributed by atoms with van der Waals surface area (Å²) in [5.41, 5.74) is 1.91. The summed E-state index contributed by atoms with van der Waals surface area (Å²) in [7, 11) is 0. The molecule has 0 aliphatic heterocycles. The third-order valence-electron chi connectivity index (χ3n) is 3.93. The molecule has 1 aliphatic carbocycles. The summed E-state index contributed by atoms with van der Waals surface area (Å²) in [6, 6.07) is 5.93. The Labute approximate surface area is 116 Å². The van der Waals surface area contributed by atoms with E-state index in [4.69, 9.17) is 4.74 Å². The Bertz CT molecular complexity index is 429. The molecule has 0 saturated heterocycles. The van der Waals surface area contributed by atoms with Crippen LogP contribution in [0.2, 0.25) is 0 Å². The number of Topliss-reactive ketones (excluding diaryl/α,β-unsaturated/α-hetero) is 1. The van der Waals surface area contributed by atoms with Crippen LogP contribution in [0.25, 0.3) is 0 Å². The Morgan fingerprint density at radius 2 is 1.89 bits per heavy atom. The Hall–Kier alpha value is -1.31. The third kappa shape index (κ3) is 3.59. The first kappa shape index (κ1) is 14.1. The molecule has 0 spiro atoms. The lowest BCUT2D eigenvalue weighted by Gasteiger charge is -2.16. The van der Waals surface area contributed by atoms with Crippen LogP contribution in [0, 0.1) is 12.8 Å². The van der Waals surface area contributed by atoms with E-state index in [1.54, 1.807) is 0 Å². The van der Waals surface area contributed by atoms with E-state index in [9.17, 15) is 4.79 Å². The molecule has 0 unspecified atom stereocenters. The molecule has 19 heavy (non-hydrogen) atoms. The molecule has 2 nitrogen and oxygen atoms in total. The van der Waals surface area contributed by atoms with Crippen LogP contribution >= 0.6 is 0 Å². The van der Waals surface area contributed by atoms with Gasteiger partial charge in [-0.1, -0.05) is 37.3 Å². The molecule has 0 radical (unpaired) electrons. The summed E-state index contributed by atoms with van der Waals surface area (Å²) >= 11 is 0. The molecule has 1 fully saturated rings. The fraction of sp³-hybridized carbons (Fsp3) is 0.588. The highest BCUT2D eigenvalue weighted by Gasteiger charge is 2.24. The van der Waals surface area contributed by atoms with Crippen LogP contribution in [0.5, 0.6) is 5.75 Å². The number of benzene rings is 1. The SMILES string of the molecule is CCOc1ccc(C)cc1C(=O)C1CCCCCC1. The number of hydrogen-bond donors (Lipinski definition) is 0. The van der Waals surface area contributed by atoms with Crippen molar-refractivity contribution in [1.29, 1.82) is 0 Å². The van der Waals surface area contributed by atoms with Gasteiger partial charge in [0.05, 0.1) is 12.2 Å². The standard InChI is InChI=1S/C17H24O2/c1-3-19-16-11-10-13(2)12-15(16)17(18)14-8-6-4-5-7-9-14/h10-12,14H,3-9H2,1-2H3. The van der Waals surface area contributed by atoms with Gasteiger partial charge in [-0.25, -0.2) is 0 Å². The summed E-state index contributed by atoms with van der Waals surface area (Å²) in [5, 5.41) is 0. The van der Waals surface area contributed by atoms with Gasteiger partial charge in [-0.2, -0.15) is 0 Å². The van der Waals surface area contributed by atoms with Gasteiger partial charge in [0.2, 0.25) is 0 Å². The largest absolute Gasteiger partial charge is 0.493 e. The fourth-order valence-corrected chi connectivity index (χ4v) is 2.88. The van der Waals surface area contributed by atoms with Gasteiger partial charge in [-0.15, -0.1) is 0 Å². The quantitative estimate of drug-likeness (QED) is 0.586. The zero-order chi connectivity index (χ0) is 13.7. The van der Waals surface area contributed by atoms with E-state index in [0.29, 0.717) is 6.61 Å². The maximum Gasteiger partial charge on any atom is 0.169 e. The van der Waals surface area contributed by atoms with E-state index in [1.807, 2.05) is 32.0 Å². The summed E-state index contributed by atoms with van der Waals surface area (Å²) in [6.45, 7) is 4.59. The second-order valence-corrected chi connectivity index (χ2v) is 5.49. The van der Waals surface area contributed by atoms with Crippen molar-refractivity contribution in [2.24, 2.45) is 5.92 Å². The lowest BCUT2D eigenvalue weighted by atomic mass is 9.90. The van der Waals surface area contributed by atoms with Crippen molar-refractivity contribution in [2.45, 2.75) is 52.4 Å². The number of carbonyl (C=O) groups is 1. The third-order valence-corrected chi connectivity index (χ3v) is 3.93. The first-order valence-electron chi connectivity index (χ1n) is 7.50. The molecule has 0 atom stereocenters. The van der Waals surface area contributed by atoms with Crippen LogP contribution < -0.4 is 4.74 Å². The van der Waals surface area contributed by atoms with Gasteiger partial charge in [0.25, 0.3) is 0 Å². The number of carbonyl (C=O) groups excluding carboxylic acids is 1. The molecule has 1 saturated carbocycles. The Morgan fingerprint density at radius 1 is 1.21 bits per heavy atom. The zero-order valence-electron chi connectivity index (χ0n) is 12.1. The van der Waals surface area contributed by atoms with Crippen molar-refractivity contribution >= 4 is 5.78 Å². The van der Waals surface area contributed by atoms with E-state index in [2.05, 4.69) is 0 Å². The van der Waals surface area contributed by atoms with Crippen molar-refractivity contribution in [3.8, 4) is 5.75 Å². The first-order chi connectivity index (χ1) is 9.22. The molecular formula is C17H24O2. The van der Waals surface area contributed by atoms with Crippen LogP contribution in [0.3, 0.4) is 0 Å². The average Bonchev–Trinajstić information content (AvgIpc) is 2.69. The summed E-state index contributed by atoms with van der Waals surface area (Å²) < 4.78 is 5.61. The van der Waals surface area contributed by atoms with Crippen LogP contribution in [0.4, 0.5) is 0 Å². The first-order valence-corrected chi connectivity index (χ1v) is 7.50. The van der Waals surface area contributed by atoms with Crippen LogP contribution in [-0.2, 0) is 0 Å². The second-order valence-electron chi connectivity index (χ2n) is 5.49. The molecule has 0 N–H and O–H groups in total. The Morgan fingerprint density at radius 3 is 2.53 bits per heavy atom. The predicted molar refractivity (Wildman–Crippen MR) is 77.9 cm³/mol. The normalized spacial score (nSPS) is 16.9. The van der Waals surface area contributed by atoms with Crippen molar-refractivity contribution in [2.75, 3.05) is 6.61 Å². The number of hydrogen-bond acceptors (Lipinski definition) is 2. The van der Waals surface area contributed by atoms with Gasteiger partial charge >= 0.3 is 0 Å². The molecule has 0 bridgehead atoms. The molecule has 1 aromatic carbocycles. The van der Waals surface area contributed by atoms with Crippen molar-refractivity contribution in [3.63, 3.8) is 0 Å². The highest BCUT2D eigenvalue weighted by Crippen LogP contribution is 2.30. The van der Waals surface area contributed by atoms with Gasteiger partial charge in [0, 0.05) is 5.92 Å². The minimum atomic E-state index is 0.198. The minimum Gasteiger partial charge on any atom is -0.493 e. The summed E-state index contributed by atoms with van der Waals surface area (Å²) in [6.07, 6.45) is 7.00. The lowest BCUT2D eigenvalue weighted by molar-refractivity contribution is 0.0904. The summed E-state index contributed by atoms with van der Waals surface area (Å²) in [5.74, 6) is 1.24. The zero-order valence-corrected chi connectivity index (χ0v) is 12.1. The molecule has 104 valence electrons. The molecule has 0 aromatic heterocycles. The summed E-state index contributed by atoms with van der Waals surface area (Å²) in [4.78, 5) is 12.7.